The van der Waals surface area contributed by atoms with Gasteiger partial charge < -0.3 is 19.9 Å². The van der Waals surface area contributed by atoms with E-state index >= 15 is 0 Å². The van der Waals surface area contributed by atoms with Crippen LogP contribution in [0.2, 0.25) is 0 Å². The van der Waals surface area contributed by atoms with E-state index in [1.807, 2.05) is 24.3 Å². The lowest BCUT2D eigenvalue weighted by atomic mass is 9.97. The molecule has 0 saturated carbocycles. The van der Waals surface area contributed by atoms with Crippen molar-refractivity contribution in [2.75, 3.05) is 13.1 Å². The molecule has 2 amide bonds. The Labute approximate surface area is 189 Å². The number of hydrogen-bond donors (Lipinski definition) is 2. The number of fused-ring (bicyclic) bond motifs is 6. The van der Waals surface area contributed by atoms with Gasteiger partial charge in [-0.25, -0.2) is 4.39 Å². The highest BCUT2D eigenvalue weighted by molar-refractivity contribution is 5.99. The first-order valence-electron chi connectivity index (χ1n) is 10.7. The summed E-state index contributed by atoms with van der Waals surface area (Å²) in [4.78, 5) is 40.4. The molecule has 3 aromatic rings. The van der Waals surface area contributed by atoms with E-state index in [1.54, 1.807) is 24.0 Å². The number of pyridine rings is 1. The molecule has 8 heteroatoms. The molecule has 2 aliphatic heterocycles. The summed E-state index contributed by atoms with van der Waals surface area (Å²) in [6, 6.07) is 12.1. The zero-order valence-corrected chi connectivity index (χ0v) is 18.0. The molecule has 0 fully saturated rings. The Morgan fingerprint density at radius 1 is 1.21 bits per heavy atom. The molecule has 3 heterocycles. The quantitative estimate of drug-likeness (QED) is 0.646. The molecule has 1 atom stereocenters. The molecular weight excluding hydrogens is 425 g/mol. The Hall–Kier alpha value is -3.94. The van der Waals surface area contributed by atoms with E-state index in [0.717, 1.165) is 16.7 Å². The highest BCUT2D eigenvalue weighted by Gasteiger charge is 2.38. The van der Waals surface area contributed by atoms with E-state index in [1.165, 1.54) is 16.8 Å². The van der Waals surface area contributed by atoms with E-state index in [4.69, 9.17) is 0 Å². The third-order valence-electron chi connectivity index (χ3n) is 6.39. The van der Waals surface area contributed by atoms with Gasteiger partial charge in [0.15, 0.2) is 11.4 Å². The van der Waals surface area contributed by atoms with Crippen LogP contribution in [0.15, 0.2) is 53.5 Å². The first-order chi connectivity index (χ1) is 15.8. The minimum atomic E-state index is -0.926. The second kappa shape index (κ2) is 7.88. The van der Waals surface area contributed by atoms with Crippen molar-refractivity contribution in [3.05, 3.63) is 98.2 Å². The Kier molecular flexibility index (Phi) is 5.00. The topological polar surface area (TPSA) is 91.6 Å². The van der Waals surface area contributed by atoms with Gasteiger partial charge in [0.05, 0.1) is 6.04 Å². The third-order valence-corrected chi connectivity index (χ3v) is 6.39. The lowest BCUT2D eigenvalue weighted by Crippen LogP contribution is -2.45. The molecule has 0 radical (unpaired) electrons. The van der Waals surface area contributed by atoms with Crippen LogP contribution in [0.4, 0.5) is 4.39 Å². The summed E-state index contributed by atoms with van der Waals surface area (Å²) in [6.45, 7) is 2.49. The minimum absolute atomic E-state index is 0.117. The Morgan fingerprint density at radius 3 is 2.79 bits per heavy atom. The Balaban J connectivity index is 1.55. The van der Waals surface area contributed by atoms with E-state index in [0.29, 0.717) is 19.5 Å². The van der Waals surface area contributed by atoms with Crippen LogP contribution in [0.1, 0.15) is 49.1 Å². The largest absolute Gasteiger partial charge is 0.503 e. The Morgan fingerprint density at radius 2 is 2.00 bits per heavy atom. The predicted molar refractivity (Wildman–Crippen MR) is 119 cm³/mol. The number of amides is 2. The maximum Gasteiger partial charge on any atom is 0.274 e. The lowest BCUT2D eigenvalue weighted by molar-refractivity contribution is 0.0686. The molecule has 2 aromatic carbocycles. The highest BCUT2D eigenvalue weighted by atomic mass is 19.1. The van der Waals surface area contributed by atoms with Gasteiger partial charge in [-0.15, -0.1) is 0 Å². The second-order valence-corrected chi connectivity index (χ2v) is 8.47. The van der Waals surface area contributed by atoms with Crippen LogP contribution in [-0.2, 0) is 13.0 Å². The number of nitrogens with zero attached hydrogens (tertiary/aromatic N) is 2. The second-order valence-electron chi connectivity index (χ2n) is 8.47. The minimum Gasteiger partial charge on any atom is -0.503 e. The summed E-state index contributed by atoms with van der Waals surface area (Å²) in [5.41, 5.74) is 1.74. The van der Waals surface area contributed by atoms with E-state index in [2.05, 4.69) is 5.32 Å². The number of rotatable bonds is 3. The fourth-order valence-corrected chi connectivity index (χ4v) is 4.62. The summed E-state index contributed by atoms with van der Waals surface area (Å²) in [6.07, 6.45) is 1.99. The molecule has 2 N–H and O–H groups in total. The van der Waals surface area contributed by atoms with Gasteiger partial charge >= 0.3 is 0 Å². The summed E-state index contributed by atoms with van der Waals surface area (Å²) in [7, 11) is 0. The number of halogens is 1. The van der Waals surface area contributed by atoms with Crippen molar-refractivity contribution in [3.8, 4) is 5.75 Å². The maximum absolute atomic E-state index is 14.1. The molecule has 2 bridgehead atoms. The summed E-state index contributed by atoms with van der Waals surface area (Å²) in [5.74, 6) is -2.39. The smallest absolute Gasteiger partial charge is 0.274 e. The van der Waals surface area contributed by atoms with E-state index in [9.17, 15) is 23.9 Å². The standard InChI is InChI=1S/C25H22FN3O4/c1-14-6-7-16(19(26)10-14)11-27-24(32)18-12-29-20-13-28(25(33)21(29)23(31)22(18)30)9-8-15-4-2-3-5-17(15)20/h2-7,10,12,20,31H,8-9,11,13H2,1H3,(H,27,32)/t20-/m1/s1. The van der Waals surface area contributed by atoms with Crippen molar-refractivity contribution in [1.82, 2.24) is 14.8 Å². The van der Waals surface area contributed by atoms with Crippen LogP contribution >= 0.6 is 0 Å². The highest BCUT2D eigenvalue weighted by Crippen LogP contribution is 2.34. The van der Waals surface area contributed by atoms with Crippen molar-refractivity contribution in [1.29, 1.82) is 0 Å². The maximum atomic E-state index is 14.1. The van der Waals surface area contributed by atoms with E-state index in [-0.39, 0.29) is 29.4 Å². The normalized spacial score (nSPS) is 16.6. The van der Waals surface area contributed by atoms with Gasteiger partial charge in [0.2, 0.25) is 5.43 Å². The number of aromatic hydroxyl groups is 1. The van der Waals surface area contributed by atoms with Gasteiger partial charge in [-0.05, 0) is 36.1 Å². The SMILES string of the molecule is Cc1ccc(CNC(=O)c2cn3c(c(O)c2=O)C(=O)N2CCc4ccccc4[C@H]3C2)c(F)c1. The van der Waals surface area contributed by atoms with Gasteiger partial charge in [0, 0.05) is 31.4 Å². The number of carbonyl (C=O) groups excluding carboxylic acids is 2. The summed E-state index contributed by atoms with van der Waals surface area (Å²) >= 11 is 0. The number of benzene rings is 2. The van der Waals surface area contributed by atoms with Crippen LogP contribution in [0, 0.1) is 12.7 Å². The van der Waals surface area contributed by atoms with Crippen LogP contribution < -0.4 is 10.7 Å². The van der Waals surface area contributed by atoms with Crippen molar-refractivity contribution in [2.24, 2.45) is 0 Å². The molecular formula is C25H22FN3O4. The molecule has 2 aliphatic rings. The molecule has 5 rings (SSSR count). The molecule has 0 saturated heterocycles. The van der Waals surface area contributed by atoms with Gasteiger partial charge in [0.25, 0.3) is 11.8 Å². The van der Waals surface area contributed by atoms with Crippen LogP contribution in [-0.4, -0.2) is 39.5 Å². The van der Waals surface area contributed by atoms with Crippen molar-refractivity contribution in [2.45, 2.75) is 25.9 Å². The molecule has 1 aromatic heterocycles. The summed E-state index contributed by atoms with van der Waals surface area (Å²) < 4.78 is 15.7. The van der Waals surface area contributed by atoms with Crippen molar-refractivity contribution < 1.29 is 19.1 Å². The molecule has 33 heavy (non-hydrogen) atoms. The molecule has 0 spiro atoms. The number of carbonyl (C=O) groups is 2. The molecule has 0 unspecified atom stereocenters. The molecule has 168 valence electrons. The van der Waals surface area contributed by atoms with Crippen LogP contribution in [0.3, 0.4) is 0 Å². The summed E-state index contributed by atoms with van der Waals surface area (Å²) in [5, 5.41) is 13.2. The zero-order valence-electron chi connectivity index (χ0n) is 18.0. The fourth-order valence-electron chi connectivity index (χ4n) is 4.62. The van der Waals surface area contributed by atoms with Gasteiger partial charge in [-0.1, -0.05) is 36.4 Å². The van der Waals surface area contributed by atoms with Gasteiger partial charge in [-0.2, -0.15) is 0 Å². The Bertz CT molecular complexity index is 1360. The lowest BCUT2D eigenvalue weighted by Gasteiger charge is -2.35. The average Bonchev–Trinajstić information content (AvgIpc) is 2.97. The van der Waals surface area contributed by atoms with Gasteiger partial charge in [0.1, 0.15) is 11.4 Å². The predicted octanol–water partition coefficient (Wildman–Crippen LogP) is 2.53. The monoisotopic (exact) mass is 447 g/mol. The number of hydrogen-bond acceptors (Lipinski definition) is 4. The van der Waals surface area contributed by atoms with Crippen LogP contribution in [0.5, 0.6) is 5.75 Å². The number of aromatic nitrogens is 1. The molecule has 7 nitrogen and oxygen atoms in total. The third kappa shape index (κ3) is 3.47. The fraction of sp³-hybridized carbons (Fsp3) is 0.240. The van der Waals surface area contributed by atoms with Crippen molar-refractivity contribution >= 4 is 11.8 Å². The van der Waals surface area contributed by atoms with E-state index < -0.39 is 28.8 Å². The molecule has 0 aliphatic carbocycles. The number of nitrogens with one attached hydrogen (secondary N) is 1. The van der Waals surface area contributed by atoms with Crippen molar-refractivity contribution in [3.63, 3.8) is 0 Å². The van der Waals surface area contributed by atoms with Crippen LogP contribution in [0.25, 0.3) is 0 Å². The zero-order chi connectivity index (χ0) is 23.3. The average molecular weight is 447 g/mol. The first kappa shape index (κ1) is 20.9. The number of aryl methyl sites for hydroxylation is 1. The first-order valence-corrected chi connectivity index (χ1v) is 10.7. The van der Waals surface area contributed by atoms with Gasteiger partial charge in [-0.3, -0.25) is 14.4 Å².